The number of nitrogens with two attached hydrogens (primary N) is 1. The number of rotatable bonds is 9. The first-order valence-electron chi connectivity index (χ1n) is 8.38. The molecule has 0 aliphatic carbocycles. The molecule has 0 fully saturated rings. The molecule has 0 radical (unpaired) electrons. The first kappa shape index (κ1) is 22.0. The average Bonchev–Trinajstić information content (AvgIpc) is 2.65. The molecule has 0 spiro atoms. The Morgan fingerprint density at radius 2 is 1.90 bits per heavy atom. The van der Waals surface area contributed by atoms with Crippen molar-refractivity contribution in [3.05, 3.63) is 58.6 Å². The van der Waals surface area contributed by atoms with Crippen LogP contribution in [0.1, 0.15) is 28.4 Å². The van der Waals surface area contributed by atoms with Gasteiger partial charge in [0.15, 0.2) is 0 Å². The Bertz CT molecular complexity index is 919. The molecular weight excluding hydrogens is 404 g/mol. The zero-order valence-corrected chi connectivity index (χ0v) is 15.8. The van der Waals surface area contributed by atoms with Gasteiger partial charge >= 0.3 is 5.97 Å². The lowest BCUT2D eigenvalue weighted by molar-refractivity contribution is -0.140. The molecule has 0 saturated carbocycles. The van der Waals surface area contributed by atoms with Crippen LogP contribution in [-0.4, -0.2) is 45.8 Å². The lowest BCUT2D eigenvalue weighted by atomic mass is 10.1. The van der Waals surface area contributed by atoms with Crippen molar-refractivity contribution in [2.45, 2.75) is 18.6 Å². The van der Waals surface area contributed by atoms with Gasteiger partial charge in [0.05, 0.1) is 17.0 Å². The van der Waals surface area contributed by atoms with Crippen LogP contribution >= 0.6 is 11.6 Å². The lowest BCUT2D eigenvalue weighted by Crippen LogP contribution is -2.43. The van der Waals surface area contributed by atoms with E-state index in [0.29, 0.717) is 5.56 Å². The summed E-state index contributed by atoms with van der Waals surface area (Å²) < 4.78 is 5.45. The number of amides is 2. The second-order valence-corrected chi connectivity index (χ2v) is 6.51. The first-order chi connectivity index (χ1) is 13.7. The van der Waals surface area contributed by atoms with E-state index in [1.807, 2.05) is 0 Å². The van der Waals surface area contributed by atoms with Gasteiger partial charge < -0.3 is 31.1 Å². The Balaban J connectivity index is 2.02. The molecule has 29 heavy (non-hydrogen) atoms. The van der Waals surface area contributed by atoms with Crippen molar-refractivity contribution in [1.29, 1.82) is 0 Å². The van der Waals surface area contributed by atoms with Crippen molar-refractivity contribution in [1.82, 2.24) is 5.32 Å². The highest BCUT2D eigenvalue weighted by Gasteiger charge is 2.24. The summed E-state index contributed by atoms with van der Waals surface area (Å²) >= 11 is 6.07. The molecule has 2 atom stereocenters. The van der Waals surface area contributed by atoms with Gasteiger partial charge in [-0.2, -0.15) is 0 Å². The third-order valence-corrected chi connectivity index (χ3v) is 4.17. The van der Waals surface area contributed by atoms with Crippen LogP contribution in [-0.2, 0) is 9.59 Å². The molecule has 154 valence electrons. The molecule has 0 heterocycles. The zero-order valence-electron chi connectivity index (χ0n) is 15.0. The van der Waals surface area contributed by atoms with Crippen molar-refractivity contribution in [2.24, 2.45) is 5.73 Å². The highest BCUT2D eigenvalue weighted by Crippen LogP contribution is 2.25. The van der Waals surface area contributed by atoms with Crippen molar-refractivity contribution in [3.8, 4) is 11.5 Å². The number of carbonyl (C=O) groups excluding carboxylic acids is 2. The van der Waals surface area contributed by atoms with Gasteiger partial charge in [0.2, 0.25) is 5.91 Å². The number of aromatic hydroxyl groups is 1. The van der Waals surface area contributed by atoms with Crippen LogP contribution in [0.15, 0.2) is 42.5 Å². The molecule has 10 heteroatoms. The molecule has 2 aromatic rings. The maximum Gasteiger partial charge on any atom is 0.326 e. The molecular formula is C19H19ClN2O7. The Kier molecular flexibility index (Phi) is 7.40. The van der Waals surface area contributed by atoms with Gasteiger partial charge in [0.1, 0.15) is 30.3 Å². The number of carboxylic acid groups (broad SMARTS) is 1. The summed E-state index contributed by atoms with van der Waals surface area (Å²) in [7, 11) is 0. The molecule has 0 aliphatic rings. The van der Waals surface area contributed by atoms with E-state index in [-0.39, 0.29) is 28.7 Å². The summed E-state index contributed by atoms with van der Waals surface area (Å²) in [6, 6.07) is 8.66. The van der Waals surface area contributed by atoms with Crippen LogP contribution in [0.25, 0.3) is 0 Å². The van der Waals surface area contributed by atoms with Crippen LogP contribution < -0.4 is 15.8 Å². The maximum atomic E-state index is 12.2. The summed E-state index contributed by atoms with van der Waals surface area (Å²) in [6.07, 6.45) is -1.57. The van der Waals surface area contributed by atoms with E-state index in [1.165, 1.54) is 30.3 Å². The molecule has 0 saturated heterocycles. The number of aliphatic hydroxyl groups is 1. The second kappa shape index (κ2) is 9.76. The molecule has 2 amide bonds. The minimum atomic E-state index is -1.48. The fraction of sp³-hybridized carbons (Fsp3) is 0.211. The van der Waals surface area contributed by atoms with Crippen LogP contribution in [0.2, 0.25) is 5.02 Å². The maximum absolute atomic E-state index is 12.2. The summed E-state index contributed by atoms with van der Waals surface area (Å²) in [4.78, 5) is 34.3. The van der Waals surface area contributed by atoms with E-state index in [0.717, 1.165) is 0 Å². The third kappa shape index (κ3) is 6.37. The van der Waals surface area contributed by atoms with Crippen LogP contribution in [0.5, 0.6) is 11.5 Å². The normalized spacial score (nSPS) is 12.6. The number of hydrogen-bond acceptors (Lipinski definition) is 6. The average molecular weight is 423 g/mol. The number of phenolic OH excluding ortho intramolecular Hbond substituents is 1. The van der Waals surface area contributed by atoms with E-state index >= 15 is 0 Å². The number of hydrogen-bond donors (Lipinski definition) is 5. The number of carbonyl (C=O) groups is 3. The summed E-state index contributed by atoms with van der Waals surface area (Å²) in [5, 5.41) is 30.8. The van der Waals surface area contributed by atoms with Crippen molar-refractivity contribution < 1.29 is 34.4 Å². The second-order valence-electron chi connectivity index (χ2n) is 6.10. The Labute approximate surface area is 170 Å². The fourth-order valence-corrected chi connectivity index (χ4v) is 2.67. The number of primary amides is 1. The summed E-state index contributed by atoms with van der Waals surface area (Å²) in [6.45, 7) is -0.134. The van der Waals surface area contributed by atoms with Gasteiger partial charge in [0.25, 0.3) is 5.91 Å². The van der Waals surface area contributed by atoms with E-state index in [2.05, 4.69) is 5.32 Å². The van der Waals surface area contributed by atoms with Crippen molar-refractivity contribution in [3.63, 3.8) is 0 Å². The number of carboxylic acids is 1. The molecule has 0 aliphatic heterocycles. The van der Waals surface area contributed by atoms with Crippen LogP contribution in [0.3, 0.4) is 0 Å². The predicted molar refractivity (Wildman–Crippen MR) is 103 cm³/mol. The number of nitrogens with one attached hydrogen (secondary N) is 1. The zero-order chi connectivity index (χ0) is 21.6. The highest BCUT2D eigenvalue weighted by molar-refractivity contribution is 6.34. The number of halogens is 1. The van der Waals surface area contributed by atoms with Gasteiger partial charge in [-0.25, -0.2) is 4.79 Å². The van der Waals surface area contributed by atoms with E-state index < -0.39 is 36.4 Å². The third-order valence-electron chi connectivity index (χ3n) is 3.86. The Morgan fingerprint density at radius 1 is 1.17 bits per heavy atom. The predicted octanol–water partition coefficient (Wildman–Crippen LogP) is 1.22. The van der Waals surface area contributed by atoms with E-state index in [9.17, 15) is 24.6 Å². The van der Waals surface area contributed by atoms with E-state index in [1.54, 1.807) is 12.1 Å². The van der Waals surface area contributed by atoms with Crippen molar-refractivity contribution in [2.75, 3.05) is 6.61 Å². The molecule has 2 aromatic carbocycles. The quantitative estimate of drug-likeness (QED) is 0.406. The highest BCUT2D eigenvalue weighted by atomic mass is 35.5. The molecule has 1 unspecified atom stereocenters. The number of ether oxygens (including phenoxy) is 1. The number of phenols is 1. The smallest absolute Gasteiger partial charge is 0.326 e. The first-order valence-corrected chi connectivity index (χ1v) is 8.76. The number of benzene rings is 2. The Hall–Kier alpha value is -3.30. The van der Waals surface area contributed by atoms with Gasteiger partial charge in [-0.3, -0.25) is 9.59 Å². The topological polar surface area (TPSA) is 159 Å². The van der Waals surface area contributed by atoms with Gasteiger partial charge in [-0.05, 0) is 35.9 Å². The van der Waals surface area contributed by atoms with Crippen LogP contribution in [0.4, 0.5) is 0 Å². The Morgan fingerprint density at radius 3 is 2.48 bits per heavy atom. The van der Waals surface area contributed by atoms with E-state index in [4.69, 9.17) is 27.2 Å². The minimum absolute atomic E-state index is 0.0101. The fourth-order valence-electron chi connectivity index (χ4n) is 2.41. The SMILES string of the molecule is NC(=O)C[C@H](NC(=O)c1ccc(OCC(O)c2cccc(O)c2)cc1Cl)C(=O)O. The molecule has 0 aromatic heterocycles. The van der Waals surface area contributed by atoms with Gasteiger partial charge in [-0.1, -0.05) is 23.7 Å². The van der Waals surface area contributed by atoms with Crippen LogP contribution in [0, 0.1) is 0 Å². The largest absolute Gasteiger partial charge is 0.508 e. The van der Waals surface area contributed by atoms with Gasteiger partial charge in [0, 0.05) is 0 Å². The summed E-state index contributed by atoms with van der Waals surface area (Å²) in [5.41, 5.74) is 5.41. The molecule has 2 rings (SSSR count). The minimum Gasteiger partial charge on any atom is -0.508 e. The molecule has 6 N–H and O–H groups in total. The number of aliphatic hydroxyl groups excluding tert-OH is 1. The van der Waals surface area contributed by atoms with Crippen molar-refractivity contribution >= 4 is 29.4 Å². The summed E-state index contributed by atoms with van der Waals surface area (Å²) in [5.74, 6) is -2.81. The standard InChI is InChI=1S/C19H19ClN2O7/c20-14-7-12(29-9-16(24)10-2-1-3-11(23)6-10)4-5-13(14)18(26)22-15(19(27)28)8-17(21)25/h1-7,15-16,23-24H,8-9H2,(H2,21,25)(H,22,26)(H,27,28)/t15-,16?/m0/s1. The monoisotopic (exact) mass is 422 g/mol. The molecule has 9 nitrogen and oxygen atoms in total. The number of aliphatic carboxylic acids is 1. The lowest BCUT2D eigenvalue weighted by Gasteiger charge is -2.15. The van der Waals surface area contributed by atoms with Gasteiger partial charge in [-0.15, -0.1) is 0 Å². The molecule has 0 bridgehead atoms.